The first kappa shape index (κ1) is 18.4. The Balaban J connectivity index is 1.54. The van der Waals surface area contributed by atoms with E-state index >= 15 is 0 Å². The van der Waals surface area contributed by atoms with Crippen molar-refractivity contribution in [1.82, 2.24) is 29.6 Å². The highest BCUT2D eigenvalue weighted by Crippen LogP contribution is 2.28. The number of amides is 1. The summed E-state index contributed by atoms with van der Waals surface area (Å²) in [5.41, 5.74) is 0.709. The van der Waals surface area contributed by atoms with Gasteiger partial charge in [0.25, 0.3) is 0 Å². The van der Waals surface area contributed by atoms with Crippen LogP contribution in [0.1, 0.15) is 13.3 Å². The lowest BCUT2D eigenvalue weighted by Crippen LogP contribution is -2.49. The average molecular weight is 403 g/mol. The highest BCUT2D eigenvalue weighted by atomic mass is 32.2. The van der Waals surface area contributed by atoms with Gasteiger partial charge in [0.15, 0.2) is 11.5 Å². The van der Waals surface area contributed by atoms with Gasteiger partial charge in [0.05, 0.1) is 10.1 Å². The van der Waals surface area contributed by atoms with Crippen LogP contribution in [0.4, 0.5) is 0 Å². The Bertz CT molecular complexity index is 917. The molecule has 0 unspecified atom stereocenters. The van der Waals surface area contributed by atoms with E-state index in [9.17, 15) is 4.79 Å². The predicted octanol–water partition coefficient (Wildman–Crippen LogP) is 2.50. The van der Waals surface area contributed by atoms with Crippen molar-refractivity contribution in [2.45, 2.75) is 23.6 Å². The number of hydrogen-bond acceptors (Lipinski definition) is 7. The molecule has 0 radical (unpaired) electrons. The van der Waals surface area contributed by atoms with Crippen LogP contribution in [0.25, 0.3) is 16.3 Å². The second-order valence-electron chi connectivity index (χ2n) is 6.59. The predicted molar refractivity (Wildman–Crippen MR) is 108 cm³/mol. The molecule has 3 aromatic rings. The highest BCUT2D eigenvalue weighted by Gasteiger charge is 2.27. The molecule has 1 aliphatic rings. The number of likely N-dealkylation sites (N-methyl/N-ethyl adjacent to an activating group) is 1. The van der Waals surface area contributed by atoms with Gasteiger partial charge in [-0.25, -0.2) is 0 Å². The SMILES string of the molecule is CC[C@@H](Sc1ccc2nnc(-c3cccs3)n2n1)C(=O)N1CCN(C)CC1. The van der Waals surface area contributed by atoms with Gasteiger partial charge < -0.3 is 9.80 Å². The van der Waals surface area contributed by atoms with Gasteiger partial charge in [-0.05, 0) is 37.0 Å². The molecule has 0 aliphatic carbocycles. The van der Waals surface area contributed by atoms with Crippen molar-refractivity contribution >= 4 is 34.7 Å². The molecule has 7 nitrogen and oxygen atoms in total. The van der Waals surface area contributed by atoms with Gasteiger partial charge in [-0.15, -0.1) is 21.5 Å². The number of rotatable bonds is 5. The van der Waals surface area contributed by atoms with Crippen molar-refractivity contribution < 1.29 is 4.79 Å². The Kier molecular flexibility index (Phi) is 5.42. The number of carbonyl (C=O) groups excluding carboxylic acids is 1. The molecule has 142 valence electrons. The summed E-state index contributed by atoms with van der Waals surface area (Å²) in [5, 5.41) is 15.9. The summed E-state index contributed by atoms with van der Waals surface area (Å²) in [6.07, 6.45) is 0.773. The Hall–Kier alpha value is -1.97. The first-order valence-electron chi connectivity index (χ1n) is 9.06. The number of nitrogens with zero attached hydrogens (tertiary/aromatic N) is 6. The van der Waals surface area contributed by atoms with Crippen LogP contribution in [0.15, 0.2) is 34.7 Å². The molecule has 0 N–H and O–H groups in total. The third-order valence-corrected chi connectivity index (χ3v) is 6.85. The van der Waals surface area contributed by atoms with E-state index in [-0.39, 0.29) is 11.2 Å². The molecule has 4 heterocycles. The van der Waals surface area contributed by atoms with Crippen molar-refractivity contribution in [3.63, 3.8) is 0 Å². The van der Waals surface area contributed by atoms with Gasteiger partial charge >= 0.3 is 0 Å². The van der Waals surface area contributed by atoms with E-state index in [0.29, 0.717) is 5.65 Å². The van der Waals surface area contributed by atoms with Crippen LogP contribution in [0.3, 0.4) is 0 Å². The van der Waals surface area contributed by atoms with Crippen LogP contribution in [-0.2, 0) is 4.79 Å². The quantitative estimate of drug-likeness (QED) is 0.611. The van der Waals surface area contributed by atoms with Crippen LogP contribution in [0.5, 0.6) is 0 Å². The molecular weight excluding hydrogens is 380 g/mol. The van der Waals surface area contributed by atoms with E-state index in [1.54, 1.807) is 15.9 Å². The summed E-state index contributed by atoms with van der Waals surface area (Å²) >= 11 is 3.14. The number of carbonyl (C=O) groups is 1. The van der Waals surface area contributed by atoms with Crippen molar-refractivity contribution in [2.24, 2.45) is 0 Å². The number of piperazine rings is 1. The molecule has 1 amide bonds. The number of hydrogen-bond donors (Lipinski definition) is 0. The van der Waals surface area contributed by atoms with Crippen molar-refractivity contribution in [3.05, 3.63) is 29.6 Å². The van der Waals surface area contributed by atoms with Gasteiger partial charge in [-0.2, -0.15) is 9.61 Å². The Labute approximate surface area is 166 Å². The minimum Gasteiger partial charge on any atom is -0.339 e. The molecule has 0 spiro atoms. The largest absolute Gasteiger partial charge is 0.339 e. The second kappa shape index (κ2) is 7.95. The van der Waals surface area contributed by atoms with Gasteiger partial charge in [0.2, 0.25) is 5.91 Å². The normalized spacial score (nSPS) is 16.7. The first-order valence-corrected chi connectivity index (χ1v) is 10.8. The van der Waals surface area contributed by atoms with E-state index in [1.165, 1.54) is 11.8 Å². The van der Waals surface area contributed by atoms with Crippen LogP contribution in [0, 0.1) is 0 Å². The third-order valence-electron chi connectivity index (χ3n) is 4.70. The van der Waals surface area contributed by atoms with Gasteiger partial charge in [-0.1, -0.05) is 24.8 Å². The first-order chi connectivity index (χ1) is 13.2. The maximum atomic E-state index is 12.9. The van der Waals surface area contributed by atoms with Gasteiger partial charge in [0.1, 0.15) is 5.03 Å². The summed E-state index contributed by atoms with van der Waals surface area (Å²) in [6, 6.07) is 7.83. The molecular formula is C18H22N6OS2. The lowest BCUT2D eigenvalue weighted by molar-refractivity contribution is -0.132. The topological polar surface area (TPSA) is 66.6 Å². The Morgan fingerprint density at radius 1 is 1.22 bits per heavy atom. The summed E-state index contributed by atoms with van der Waals surface area (Å²) in [7, 11) is 2.09. The maximum absolute atomic E-state index is 12.9. The fourth-order valence-electron chi connectivity index (χ4n) is 3.08. The summed E-state index contributed by atoms with van der Waals surface area (Å²) in [4.78, 5) is 18.2. The molecule has 1 aliphatic heterocycles. The summed E-state index contributed by atoms with van der Waals surface area (Å²) in [6.45, 7) is 5.52. The van der Waals surface area contributed by atoms with Crippen LogP contribution < -0.4 is 0 Å². The molecule has 9 heteroatoms. The van der Waals surface area contributed by atoms with E-state index in [0.717, 1.165) is 48.3 Å². The van der Waals surface area contributed by atoms with Crippen molar-refractivity contribution in [1.29, 1.82) is 0 Å². The fourth-order valence-corrected chi connectivity index (χ4v) is 4.76. The van der Waals surface area contributed by atoms with E-state index < -0.39 is 0 Å². The lowest BCUT2D eigenvalue weighted by Gasteiger charge is -2.34. The summed E-state index contributed by atoms with van der Waals surface area (Å²) in [5.74, 6) is 0.945. The molecule has 0 saturated carbocycles. The number of thioether (sulfide) groups is 1. The van der Waals surface area contributed by atoms with E-state index in [4.69, 9.17) is 5.10 Å². The molecule has 27 heavy (non-hydrogen) atoms. The van der Waals surface area contributed by atoms with Gasteiger partial charge in [0, 0.05) is 26.2 Å². The number of aromatic nitrogens is 4. The van der Waals surface area contributed by atoms with E-state index in [1.807, 2.05) is 34.5 Å². The minimum atomic E-state index is -0.125. The zero-order chi connectivity index (χ0) is 18.8. The van der Waals surface area contributed by atoms with E-state index in [2.05, 4.69) is 29.1 Å². The smallest absolute Gasteiger partial charge is 0.236 e. The van der Waals surface area contributed by atoms with Gasteiger partial charge in [-0.3, -0.25) is 4.79 Å². The molecule has 0 aromatic carbocycles. The highest BCUT2D eigenvalue weighted by molar-refractivity contribution is 8.00. The summed E-state index contributed by atoms with van der Waals surface area (Å²) < 4.78 is 1.77. The Morgan fingerprint density at radius 2 is 2.04 bits per heavy atom. The molecule has 1 fully saturated rings. The Morgan fingerprint density at radius 3 is 2.74 bits per heavy atom. The second-order valence-corrected chi connectivity index (χ2v) is 8.76. The molecule has 4 rings (SSSR count). The molecule has 3 aromatic heterocycles. The number of thiophene rings is 1. The van der Waals surface area contributed by atoms with Crippen molar-refractivity contribution in [2.75, 3.05) is 33.2 Å². The standard InChI is InChI=1S/C18H22N6OS2/c1-3-13(18(25)23-10-8-22(2)9-11-23)27-16-7-6-15-19-20-17(24(15)21-16)14-5-4-12-26-14/h4-7,12-13H,3,8-11H2,1-2H3/t13-/m1/s1. The molecule has 1 saturated heterocycles. The van der Waals surface area contributed by atoms with Crippen LogP contribution in [-0.4, -0.2) is 74.0 Å². The zero-order valence-corrected chi connectivity index (χ0v) is 17.0. The van der Waals surface area contributed by atoms with Crippen LogP contribution in [0.2, 0.25) is 0 Å². The zero-order valence-electron chi connectivity index (χ0n) is 15.4. The van der Waals surface area contributed by atoms with Crippen LogP contribution >= 0.6 is 23.1 Å². The molecule has 1 atom stereocenters. The monoisotopic (exact) mass is 402 g/mol. The molecule has 0 bridgehead atoms. The number of fused-ring (bicyclic) bond motifs is 1. The lowest BCUT2D eigenvalue weighted by atomic mass is 10.2. The third kappa shape index (κ3) is 3.85. The van der Waals surface area contributed by atoms with Crippen molar-refractivity contribution in [3.8, 4) is 10.7 Å². The minimum absolute atomic E-state index is 0.125. The maximum Gasteiger partial charge on any atom is 0.236 e. The fraction of sp³-hybridized carbons (Fsp3) is 0.444. The average Bonchev–Trinajstić information content (AvgIpc) is 3.35.